The van der Waals surface area contributed by atoms with E-state index in [1.165, 1.54) is 57.0 Å². The summed E-state index contributed by atoms with van der Waals surface area (Å²) in [7, 11) is 0. The summed E-state index contributed by atoms with van der Waals surface area (Å²) in [5, 5.41) is 5.11. The second-order valence-electron chi connectivity index (χ2n) is 14.2. The molecule has 0 unspecified atom stereocenters. The largest absolute Gasteiger partial charge is 0.228 e. The maximum atomic E-state index is 5.31. The predicted octanol–water partition coefficient (Wildman–Crippen LogP) is 15.2. The molecule has 0 bridgehead atoms. The van der Waals surface area contributed by atoms with Gasteiger partial charge in [-0.2, -0.15) is 0 Å². The van der Waals surface area contributed by atoms with E-state index in [-0.39, 0.29) is 0 Å². The molecule has 0 spiro atoms. The highest BCUT2D eigenvalue weighted by Gasteiger charge is 2.16. The van der Waals surface area contributed by atoms with Crippen LogP contribution in [0.5, 0.6) is 0 Å². The minimum Gasteiger partial charge on any atom is -0.228 e. The van der Waals surface area contributed by atoms with Gasteiger partial charge in [0.15, 0.2) is 5.82 Å². The van der Waals surface area contributed by atoms with Gasteiger partial charge in [-0.15, -0.1) is 22.7 Å². The van der Waals surface area contributed by atoms with Crippen molar-refractivity contribution in [2.45, 2.75) is 0 Å². The normalized spacial score (nSPS) is 11.6. The molecule has 0 saturated heterocycles. The number of thiophene rings is 2. The average molecular weight is 749 g/mol. The van der Waals surface area contributed by atoms with Gasteiger partial charge in [-0.25, -0.2) is 9.97 Å². The highest BCUT2D eigenvalue weighted by Crippen LogP contribution is 2.41. The Morgan fingerprint density at radius 1 is 0.250 bits per heavy atom. The molecule has 0 radical (unpaired) electrons. The monoisotopic (exact) mass is 748 g/mol. The van der Waals surface area contributed by atoms with Crippen LogP contribution >= 0.6 is 22.7 Å². The molecule has 11 aromatic rings. The second-order valence-corrected chi connectivity index (χ2v) is 16.4. The first-order chi connectivity index (χ1) is 27.7. The molecule has 0 aliphatic carbocycles. The van der Waals surface area contributed by atoms with Gasteiger partial charge in [0, 0.05) is 57.0 Å². The fraction of sp³-hybridized carbons (Fsp3) is 0. The van der Waals surface area contributed by atoms with Crippen LogP contribution in [0.2, 0.25) is 0 Å². The highest BCUT2D eigenvalue weighted by atomic mass is 32.1. The number of hydrogen-bond donors (Lipinski definition) is 0. The fourth-order valence-electron chi connectivity index (χ4n) is 7.87. The predicted molar refractivity (Wildman–Crippen MR) is 240 cm³/mol. The van der Waals surface area contributed by atoms with Crippen LogP contribution in [0.4, 0.5) is 0 Å². The van der Waals surface area contributed by atoms with Gasteiger partial charge in [0.1, 0.15) is 0 Å². The van der Waals surface area contributed by atoms with Gasteiger partial charge >= 0.3 is 0 Å². The number of nitrogens with zero attached hydrogens (tertiary/aromatic N) is 2. The van der Waals surface area contributed by atoms with Crippen molar-refractivity contribution < 1.29 is 0 Å². The molecule has 56 heavy (non-hydrogen) atoms. The van der Waals surface area contributed by atoms with Crippen LogP contribution in [0.1, 0.15) is 0 Å². The average Bonchev–Trinajstić information content (AvgIpc) is 3.84. The lowest BCUT2D eigenvalue weighted by atomic mass is 9.92. The zero-order chi connectivity index (χ0) is 37.0. The summed E-state index contributed by atoms with van der Waals surface area (Å²) in [5.74, 6) is 0.706. The third-order valence-corrected chi connectivity index (χ3v) is 13.0. The summed E-state index contributed by atoms with van der Waals surface area (Å²) in [6.45, 7) is 0. The first-order valence-electron chi connectivity index (χ1n) is 18.8. The highest BCUT2D eigenvalue weighted by molar-refractivity contribution is 7.26. The fourth-order valence-corrected chi connectivity index (χ4v) is 10.0. The Bertz CT molecular complexity index is 3250. The van der Waals surface area contributed by atoms with Gasteiger partial charge in [-0.05, 0) is 100 Å². The van der Waals surface area contributed by atoms with Crippen LogP contribution < -0.4 is 0 Å². The van der Waals surface area contributed by atoms with E-state index < -0.39 is 0 Å². The molecule has 0 aliphatic rings. The van der Waals surface area contributed by atoms with E-state index in [4.69, 9.17) is 9.97 Å². The maximum absolute atomic E-state index is 5.31. The van der Waals surface area contributed by atoms with E-state index in [1.54, 1.807) is 0 Å². The molecule has 0 N–H and O–H groups in total. The standard InChI is InChI=1S/C52H32N2S2/c1-3-12-33(13-4-1)35-16-11-17-36(26-35)39-27-40(37-22-24-50-44(30-37)42-18-7-9-20-48(42)55-50)29-41(28-39)47-32-46(53-52(54-47)34-14-5-2-6-15-34)38-23-25-51-45(31-38)43-19-8-10-21-49(43)56-51/h1-32H. The molecule has 2 nitrogen and oxygen atoms in total. The third kappa shape index (κ3) is 5.88. The van der Waals surface area contributed by atoms with Crippen molar-refractivity contribution >= 4 is 63.0 Å². The van der Waals surface area contributed by atoms with Gasteiger partial charge in [-0.1, -0.05) is 127 Å². The molecule has 0 aliphatic heterocycles. The number of fused-ring (bicyclic) bond motifs is 6. The van der Waals surface area contributed by atoms with E-state index in [2.05, 4.69) is 188 Å². The van der Waals surface area contributed by atoms with Gasteiger partial charge in [0.25, 0.3) is 0 Å². The molecular weight excluding hydrogens is 717 g/mol. The van der Waals surface area contributed by atoms with Crippen molar-refractivity contribution in [1.82, 2.24) is 9.97 Å². The van der Waals surface area contributed by atoms with Gasteiger partial charge in [0.2, 0.25) is 0 Å². The lowest BCUT2D eigenvalue weighted by Gasteiger charge is -2.14. The van der Waals surface area contributed by atoms with E-state index in [0.29, 0.717) is 5.82 Å². The van der Waals surface area contributed by atoms with Crippen LogP contribution in [0, 0.1) is 0 Å². The van der Waals surface area contributed by atoms with Crippen molar-refractivity contribution in [1.29, 1.82) is 0 Å². The van der Waals surface area contributed by atoms with Crippen LogP contribution in [0.25, 0.3) is 108 Å². The summed E-state index contributed by atoms with van der Waals surface area (Å²) in [6, 6.07) is 69.9. The molecule has 262 valence electrons. The summed E-state index contributed by atoms with van der Waals surface area (Å²) >= 11 is 3.68. The number of aromatic nitrogens is 2. The summed E-state index contributed by atoms with van der Waals surface area (Å²) in [6.07, 6.45) is 0. The van der Waals surface area contributed by atoms with Gasteiger partial charge in [0.05, 0.1) is 11.4 Å². The van der Waals surface area contributed by atoms with E-state index >= 15 is 0 Å². The molecular formula is C52H32N2S2. The summed E-state index contributed by atoms with van der Waals surface area (Å²) in [4.78, 5) is 10.5. The quantitative estimate of drug-likeness (QED) is 0.169. The van der Waals surface area contributed by atoms with Crippen LogP contribution in [0.3, 0.4) is 0 Å². The van der Waals surface area contributed by atoms with Gasteiger partial charge < -0.3 is 0 Å². The Morgan fingerprint density at radius 3 is 1.32 bits per heavy atom. The molecule has 0 saturated carbocycles. The number of rotatable bonds is 6. The molecule has 3 aromatic heterocycles. The first-order valence-corrected chi connectivity index (χ1v) is 20.4. The molecule has 0 atom stereocenters. The molecule has 3 heterocycles. The van der Waals surface area contributed by atoms with Crippen molar-refractivity contribution in [3.05, 3.63) is 194 Å². The molecule has 11 rings (SSSR count). The van der Waals surface area contributed by atoms with E-state index in [0.717, 1.165) is 44.8 Å². The Morgan fingerprint density at radius 2 is 0.679 bits per heavy atom. The van der Waals surface area contributed by atoms with Crippen LogP contribution in [-0.2, 0) is 0 Å². The van der Waals surface area contributed by atoms with Crippen molar-refractivity contribution in [2.24, 2.45) is 0 Å². The third-order valence-electron chi connectivity index (χ3n) is 10.7. The Balaban J connectivity index is 1.13. The lowest BCUT2D eigenvalue weighted by molar-refractivity contribution is 1.18. The summed E-state index contributed by atoms with van der Waals surface area (Å²) < 4.78 is 5.17. The number of hydrogen-bond acceptors (Lipinski definition) is 4. The first kappa shape index (κ1) is 32.7. The lowest BCUT2D eigenvalue weighted by Crippen LogP contribution is -1.96. The Kier molecular flexibility index (Phi) is 7.90. The van der Waals surface area contributed by atoms with E-state index in [1.807, 2.05) is 28.7 Å². The SMILES string of the molecule is c1ccc(-c2cccc(-c3cc(-c4ccc5sc6ccccc6c5c4)cc(-c4cc(-c5ccc6sc7ccccc7c6c5)nc(-c5ccccc5)n4)c3)c2)cc1. The molecule has 4 heteroatoms. The minimum atomic E-state index is 0.706. The Hall–Kier alpha value is -6.72. The molecule has 8 aromatic carbocycles. The number of benzene rings is 8. The molecule has 0 fully saturated rings. The van der Waals surface area contributed by atoms with Crippen LogP contribution in [-0.4, -0.2) is 9.97 Å². The molecule has 0 amide bonds. The zero-order valence-corrected chi connectivity index (χ0v) is 31.8. The van der Waals surface area contributed by atoms with Gasteiger partial charge in [-0.3, -0.25) is 0 Å². The van der Waals surface area contributed by atoms with Crippen molar-refractivity contribution in [2.75, 3.05) is 0 Å². The smallest absolute Gasteiger partial charge is 0.160 e. The van der Waals surface area contributed by atoms with E-state index in [9.17, 15) is 0 Å². The summed E-state index contributed by atoms with van der Waals surface area (Å²) in [5.41, 5.74) is 11.9. The maximum Gasteiger partial charge on any atom is 0.160 e. The topological polar surface area (TPSA) is 25.8 Å². The van der Waals surface area contributed by atoms with Crippen molar-refractivity contribution in [3.63, 3.8) is 0 Å². The zero-order valence-electron chi connectivity index (χ0n) is 30.2. The second kappa shape index (κ2) is 13.5. The van der Waals surface area contributed by atoms with Crippen molar-refractivity contribution in [3.8, 4) is 67.3 Å². The van der Waals surface area contributed by atoms with Crippen LogP contribution in [0.15, 0.2) is 194 Å². The minimum absolute atomic E-state index is 0.706. The Labute approximate surface area is 332 Å².